The lowest BCUT2D eigenvalue weighted by atomic mass is 10.2. The number of hydrogen-bond acceptors (Lipinski definition) is 5. The van der Waals surface area contributed by atoms with Crippen LogP contribution < -0.4 is 5.32 Å². The van der Waals surface area contributed by atoms with E-state index in [0.717, 1.165) is 10.7 Å². The predicted octanol–water partition coefficient (Wildman–Crippen LogP) is 5.06. The molecule has 2 heterocycles. The van der Waals surface area contributed by atoms with Gasteiger partial charge < -0.3 is 10.2 Å². The van der Waals surface area contributed by atoms with Gasteiger partial charge in [0.05, 0.1) is 11.9 Å². The van der Waals surface area contributed by atoms with Crippen molar-refractivity contribution in [1.29, 1.82) is 0 Å². The normalized spacial score (nSPS) is 16.0. The summed E-state index contributed by atoms with van der Waals surface area (Å²) in [7, 11) is 4.27. The van der Waals surface area contributed by atoms with Gasteiger partial charge in [0.2, 0.25) is 0 Å². The Morgan fingerprint density at radius 1 is 1.18 bits per heavy atom. The van der Waals surface area contributed by atoms with E-state index in [-0.39, 0.29) is 0 Å². The van der Waals surface area contributed by atoms with Crippen LogP contribution in [0.2, 0.25) is 0 Å². The molecule has 1 atom stereocenters. The van der Waals surface area contributed by atoms with E-state index in [1.54, 1.807) is 17.4 Å². The van der Waals surface area contributed by atoms with Gasteiger partial charge in [-0.3, -0.25) is 4.90 Å². The lowest BCUT2D eigenvalue weighted by molar-refractivity contribution is 0.173. The fourth-order valence-corrected chi connectivity index (χ4v) is 3.93. The molecule has 1 unspecified atom stereocenters. The molecule has 28 heavy (non-hydrogen) atoms. The van der Waals surface area contributed by atoms with E-state index in [4.69, 9.17) is 0 Å². The van der Waals surface area contributed by atoms with Crippen molar-refractivity contribution in [1.82, 2.24) is 20.1 Å². The highest BCUT2D eigenvalue weighted by Gasteiger charge is 2.17. The Morgan fingerprint density at radius 2 is 1.89 bits per heavy atom. The lowest BCUT2D eigenvalue weighted by Crippen LogP contribution is -2.45. The third-order valence-electron chi connectivity index (χ3n) is 4.67. The average Bonchev–Trinajstić information content (AvgIpc) is 3.14. The van der Waals surface area contributed by atoms with Gasteiger partial charge in [-0.15, -0.1) is 11.3 Å². The van der Waals surface area contributed by atoms with Crippen molar-refractivity contribution in [2.24, 2.45) is 0 Å². The maximum atomic E-state index is 4.40. The zero-order valence-electron chi connectivity index (χ0n) is 18.3. The first kappa shape index (κ1) is 24.5. The summed E-state index contributed by atoms with van der Waals surface area (Å²) in [4.78, 5) is 9.38. The van der Waals surface area contributed by atoms with Gasteiger partial charge in [0.15, 0.2) is 0 Å². The number of rotatable bonds is 5. The van der Waals surface area contributed by atoms with Gasteiger partial charge in [-0.2, -0.15) is 0 Å². The fraction of sp³-hybridized carbons (Fsp3) is 0.522. The molecular formula is C23H38N4S. The largest absolute Gasteiger partial charge is 0.305 e. The first-order chi connectivity index (χ1) is 13.7. The van der Waals surface area contributed by atoms with E-state index in [2.05, 4.69) is 59.8 Å². The summed E-state index contributed by atoms with van der Waals surface area (Å²) in [5.41, 5.74) is 2.12. The molecule has 0 amide bonds. The van der Waals surface area contributed by atoms with Gasteiger partial charge in [-0.1, -0.05) is 57.7 Å². The summed E-state index contributed by atoms with van der Waals surface area (Å²) in [5, 5.41) is 6.43. The molecule has 3 rings (SSSR count). The Kier molecular flexibility index (Phi) is 12.7. The minimum absolute atomic E-state index is 0.575. The predicted molar refractivity (Wildman–Crippen MR) is 126 cm³/mol. The van der Waals surface area contributed by atoms with Crippen LogP contribution in [0, 0.1) is 0 Å². The van der Waals surface area contributed by atoms with Crippen molar-refractivity contribution in [2.45, 2.75) is 39.8 Å². The topological polar surface area (TPSA) is 31.4 Å². The van der Waals surface area contributed by atoms with Crippen LogP contribution in [0.25, 0.3) is 16.6 Å². The van der Waals surface area contributed by atoms with E-state index in [1.165, 1.54) is 44.6 Å². The molecule has 0 radical (unpaired) electrons. The van der Waals surface area contributed by atoms with E-state index in [9.17, 15) is 0 Å². The molecule has 1 aromatic carbocycles. The van der Waals surface area contributed by atoms with Crippen LogP contribution in [0.3, 0.4) is 0 Å². The molecular weight excluding hydrogens is 364 g/mol. The van der Waals surface area contributed by atoms with Crippen molar-refractivity contribution in [3.63, 3.8) is 0 Å². The highest BCUT2D eigenvalue weighted by Crippen LogP contribution is 2.23. The summed E-state index contributed by atoms with van der Waals surface area (Å²) in [6.07, 6.45) is 4.84. The van der Waals surface area contributed by atoms with Crippen molar-refractivity contribution in [3.8, 4) is 10.6 Å². The Bertz CT molecular complexity index is 637. The van der Waals surface area contributed by atoms with Gasteiger partial charge in [0.1, 0.15) is 5.01 Å². The number of nitrogens with zero attached hydrogens (tertiary/aromatic N) is 3. The van der Waals surface area contributed by atoms with Crippen LogP contribution in [-0.4, -0.2) is 61.2 Å². The number of likely N-dealkylation sites (N-methyl/N-ethyl adjacent to an activating group) is 1. The van der Waals surface area contributed by atoms with Gasteiger partial charge in [-0.25, -0.2) is 4.98 Å². The molecule has 1 aromatic heterocycles. The minimum atomic E-state index is 0.575. The van der Waals surface area contributed by atoms with Gasteiger partial charge in [0.25, 0.3) is 0 Å². The van der Waals surface area contributed by atoms with Crippen LogP contribution in [0.15, 0.2) is 42.3 Å². The quantitative estimate of drug-likeness (QED) is 0.757. The number of thiazole rings is 1. The molecule has 5 heteroatoms. The first-order valence-corrected chi connectivity index (χ1v) is 11.3. The molecule has 1 aliphatic rings. The van der Waals surface area contributed by atoms with Crippen molar-refractivity contribution in [3.05, 3.63) is 48.0 Å². The van der Waals surface area contributed by atoms with Crippen LogP contribution >= 0.6 is 11.3 Å². The maximum absolute atomic E-state index is 4.40. The fourth-order valence-electron chi connectivity index (χ4n) is 3.12. The second-order valence-electron chi connectivity index (χ2n) is 6.55. The molecule has 0 spiro atoms. The van der Waals surface area contributed by atoms with Crippen molar-refractivity contribution >= 4 is 17.4 Å². The second kappa shape index (κ2) is 14.5. The molecule has 1 N–H and O–H groups in total. The summed E-state index contributed by atoms with van der Waals surface area (Å²) < 4.78 is 0. The SMILES string of the molecule is C=Cc1csc(-c2ccccc2)n1.CC.CCC(NC)N1CCCN(C)CC1. The molecule has 156 valence electrons. The Balaban J connectivity index is 0.000000257. The Morgan fingerprint density at radius 3 is 2.46 bits per heavy atom. The zero-order chi connectivity index (χ0) is 20.8. The van der Waals surface area contributed by atoms with Gasteiger partial charge in [0, 0.05) is 30.6 Å². The standard InChI is InChI=1S/C11H9NS.C10H23N3.C2H6/c1-2-10-8-13-11(12-10)9-6-4-3-5-7-9;1-4-10(11-2)13-7-5-6-12(3)8-9-13;1-2/h2-8H,1H2;10-11H,4-9H2,1-3H3;1-2H3. The second-order valence-corrected chi connectivity index (χ2v) is 7.41. The van der Waals surface area contributed by atoms with Crippen LogP contribution in [0.4, 0.5) is 0 Å². The molecule has 1 fully saturated rings. The molecule has 0 bridgehead atoms. The zero-order valence-corrected chi connectivity index (χ0v) is 19.1. The summed E-state index contributed by atoms with van der Waals surface area (Å²) in [6, 6.07) is 10.2. The number of aromatic nitrogens is 1. The minimum Gasteiger partial charge on any atom is -0.305 e. The Hall–Kier alpha value is -1.53. The third kappa shape index (κ3) is 8.23. The first-order valence-electron chi connectivity index (χ1n) is 10.4. The number of benzene rings is 1. The van der Waals surface area contributed by atoms with Crippen molar-refractivity contribution in [2.75, 3.05) is 40.3 Å². The average molecular weight is 403 g/mol. The monoisotopic (exact) mass is 402 g/mol. The van der Waals surface area contributed by atoms with E-state index in [0.29, 0.717) is 6.17 Å². The summed E-state index contributed by atoms with van der Waals surface area (Å²) in [6.45, 7) is 14.8. The smallest absolute Gasteiger partial charge is 0.124 e. The molecule has 0 saturated carbocycles. The van der Waals surface area contributed by atoms with Gasteiger partial charge in [-0.05, 0) is 39.6 Å². The van der Waals surface area contributed by atoms with E-state index < -0.39 is 0 Å². The lowest BCUT2D eigenvalue weighted by Gasteiger charge is -2.29. The van der Waals surface area contributed by atoms with Crippen LogP contribution in [-0.2, 0) is 0 Å². The van der Waals surface area contributed by atoms with Crippen molar-refractivity contribution < 1.29 is 0 Å². The highest BCUT2D eigenvalue weighted by molar-refractivity contribution is 7.13. The molecule has 2 aromatic rings. The molecule has 0 aliphatic carbocycles. The van der Waals surface area contributed by atoms with E-state index >= 15 is 0 Å². The molecule has 1 saturated heterocycles. The third-order valence-corrected chi connectivity index (χ3v) is 5.58. The highest BCUT2D eigenvalue weighted by atomic mass is 32.1. The Labute approximate surface area is 176 Å². The summed E-state index contributed by atoms with van der Waals surface area (Å²) in [5.74, 6) is 0. The molecule has 1 aliphatic heterocycles. The molecule has 4 nitrogen and oxygen atoms in total. The maximum Gasteiger partial charge on any atom is 0.124 e. The van der Waals surface area contributed by atoms with Crippen LogP contribution in [0.1, 0.15) is 39.3 Å². The van der Waals surface area contributed by atoms with Crippen LogP contribution in [0.5, 0.6) is 0 Å². The van der Waals surface area contributed by atoms with E-state index in [1.807, 2.05) is 37.4 Å². The number of hydrogen-bond donors (Lipinski definition) is 1. The van der Waals surface area contributed by atoms with Gasteiger partial charge >= 0.3 is 0 Å². The number of nitrogens with one attached hydrogen (secondary N) is 1. The summed E-state index contributed by atoms with van der Waals surface area (Å²) >= 11 is 1.64.